The van der Waals surface area contributed by atoms with Crippen LogP contribution in [0.5, 0.6) is 0 Å². The minimum Gasteiger partial charge on any atom is -0.481 e. The van der Waals surface area contributed by atoms with Crippen molar-refractivity contribution in [3.8, 4) is 6.07 Å². The minimum atomic E-state index is -0.828. The highest BCUT2D eigenvalue weighted by Crippen LogP contribution is 2.20. The fourth-order valence-corrected chi connectivity index (χ4v) is 2.23. The monoisotopic (exact) mass is 275 g/mol. The third kappa shape index (κ3) is 3.93. The van der Waals surface area contributed by atoms with E-state index in [1.165, 1.54) is 0 Å². The average Bonchev–Trinajstić information content (AvgIpc) is 2.48. The van der Waals surface area contributed by atoms with Crippen molar-refractivity contribution < 1.29 is 14.6 Å². The van der Waals surface area contributed by atoms with Gasteiger partial charge in [-0.15, -0.1) is 0 Å². The summed E-state index contributed by atoms with van der Waals surface area (Å²) in [5, 5.41) is 17.3. The fourth-order valence-electron chi connectivity index (χ4n) is 2.23. The Kier molecular flexibility index (Phi) is 4.91. The van der Waals surface area contributed by atoms with Gasteiger partial charge in [0.1, 0.15) is 11.8 Å². The Morgan fingerprint density at radius 2 is 2.25 bits per heavy atom. The van der Waals surface area contributed by atoms with Gasteiger partial charge in [-0.1, -0.05) is 0 Å². The van der Waals surface area contributed by atoms with E-state index in [4.69, 9.17) is 15.1 Å². The summed E-state index contributed by atoms with van der Waals surface area (Å²) < 4.78 is 5.55. The van der Waals surface area contributed by atoms with E-state index in [9.17, 15) is 4.79 Å². The number of pyridine rings is 1. The van der Waals surface area contributed by atoms with Gasteiger partial charge in [0.05, 0.1) is 31.0 Å². The number of hydrogen-bond acceptors (Lipinski definition) is 5. The summed E-state index contributed by atoms with van der Waals surface area (Å²) >= 11 is 0. The van der Waals surface area contributed by atoms with Gasteiger partial charge in [-0.25, -0.2) is 4.98 Å². The first-order chi connectivity index (χ1) is 9.69. The van der Waals surface area contributed by atoms with Crippen molar-refractivity contribution in [2.45, 2.75) is 25.4 Å². The van der Waals surface area contributed by atoms with Crippen molar-refractivity contribution in [1.82, 2.24) is 4.98 Å². The van der Waals surface area contributed by atoms with Crippen molar-refractivity contribution in [3.63, 3.8) is 0 Å². The lowest BCUT2D eigenvalue weighted by atomic mass is 10.1. The Labute approximate surface area is 117 Å². The van der Waals surface area contributed by atoms with Gasteiger partial charge < -0.3 is 14.7 Å². The Bertz CT molecular complexity index is 487. The molecule has 1 saturated heterocycles. The summed E-state index contributed by atoms with van der Waals surface area (Å²) in [7, 11) is 0. The second-order valence-electron chi connectivity index (χ2n) is 4.71. The molecule has 0 aromatic carbocycles. The third-order valence-electron chi connectivity index (χ3n) is 3.34. The van der Waals surface area contributed by atoms with E-state index in [0.717, 1.165) is 31.6 Å². The number of rotatable bonds is 5. The third-order valence-corrected chi connectivity index (χ3v) is 3.34. The van der Waals surface area contributed by atoms with Crippen LogP contribution >= 0.6 is 0 Å². The van der Waals surface area contributed by atoms with E-state index in [1.807, 2.05) is 12.1 Å². The molecule has 6 nitrogen and oxygen atoms in total. The second-order valence-corrected chi connectivity index (χ2v) is 4.71. The maximum absolute atomic E-state index is 10.4. The van der Waals surface area contributed by atoms with E-state index < -0.39 is 5.97 Å². The summed E-state index contributed by atoms with van der Waals surface area (Å²) in [6.07, 6.45) is 3.65. The standard InChI is InChI=1S/C14H17N3O3/c15-9-11-1-2-12(10-16-11)17-6-3-13(4-7-17)20-8-5-14(18)19/h1-2,10,13H,3-8H2,(H,18,19). The van der Waals surface area contributed by atoms with Crippen molar-refractivity contribution in [2.75, 3.05) is 24.6 Å². The topological polar surface area (TPSA) is 86.5 Å². The molecule has 0 unspecified atom stereocenters. The van der Waals surface area contributed by atoms with E-state index in [2.05, 4.69) is 9.88 Å². The maximum Gasteiger partial charge on any atom is 0.305 e. The molecule has 1 aliphatic heterocycles. The molecule has 0 amide bonds. The van der Waals surface area contributed by atoms with Crippen LogP contribution in [0.1, 0.15) is 25.0 Å². The van der Waals surface area contributed by atoms with Crippen LogP contribution < -0.4 is 4.90 Å². The number of aliphatic carboxylic acids is 1. The quantitative estimate of drug-likeness (QED) is 0.874. The van der Waals surface area contributed by atoms with Gasteiger partial charge in [0.2, 0.25) is 0 Å². The molecule has 0 bridgehead atoms. The molecule has 1 aromatic heterocycles. The number of hydrogen-bond donors (Lipinski definition) is 1. The molecule has 106 valence electrons. The Balaban J connectivity index is 1.78. The van der Waals surface area contributed by atoms with E-state index in [0.29, 0.717) is 5.69 Å². The molecule has 0 spiro atoms. The summed E-state index contributed by atoms with van der Waals surface area (Å²) in [5.41, 5.74) is 1.42. The number of nitrogens with zero attached hydrogens (tertiary/aromatic N) is 3. The molecule has 1 aliphatic rings. The van der Waals surface area contributed by atoms with Crippen LogP contribution in [0, 0.1) is 11.3 Å². The molecule has 1 N–H and O–H groups in total. The van der Waals surface area contributed by atoms with Crippen LogP contribution in [0.25, 0.3) is 0 Å². The number of aromatic nitrogens is 1. The first-order valence-electron chi connectivity index (χ1n) is 6.63. The molecule has 6 heteroatoms. The van der Waals surface area contributed by atoms with Crippen LogP contribution in [-0.2, 0) is 9.53 Å². The molecule has 2 heterocycles. The molecule has 1 fully saturated rings. The van der Waals surface area contributed by atoms with Crippen LogP contribution in [0.3, 0.4) is 0 Å². The van der Waals surface area contributed by atoms with E-state index in [-0.39, 0.29) is 19.1 Å². The first-order valence-corrected chi connectivity index (χ1v) is 6.63. The highest BCUT2D eigenvalue weighted by atomic mass is 16.5. The molecular formula is C14H17N3O3. The second kappa shape index (κ2) is 6.87. The number of piperidine rings is 1. The highest BCUT2D eigenvalue weighted by molar-refractivity contribution is 5.66. The lowest BCUT2D eigenvalue weighted by molar-refractivity contribution is -0.138. The Hall–Kier alpha value is -2.13. The fraction of sp³-hybridized carbons (Fsp3) is 0.500. The van der Waals surface area contributed by atoms with Crippen LogP contribution in [-0.4, -0.2) is 41.9 Å². The van der Waals surface area contributed by atoms with Crippen molar-refractivity contribution in [1.29, 1.82) is 5.26 Å². The molecule has 0 atom stereocenters. The lowest BCUT2D eigenvalue weighted by Crippen LogP contribution is -2.37. The molecule has 1 aromatic rings. The van der Waals surface area contributed by atoms with Gasteiger partial charge in [0.15, 0.2) is 0 Å². The summed E-state index contributed by atoms with van der Waals surface area (Å²) in [5.74, 6) is -0.828. The maximum atomic E-state index is 10.4. The van der Waals surface area contributed by atoms with Crippen LogP contribution in [0.2, 0.25) is 0 Å². The summed E-state index contributed by atoms with van der Waals surface area (Å²) in [6.45, 7) is 1.98. The Morgan fingerprint density at radius 3 is 2.80 bits per heavy atom. The predicted octanol–water partition coefficient (Wildman–Crippen LogP) is 1.41. The van der Waals surface area contributed by atoms with Gasteiger partial charge in [0, 0.05) is 13.1 Å². The molecule has 2 rings (SSSR count). The van der Waals surface area contributed by atoms with Gasteiger partial charge in [-0.3, -0.25) is 4.79 Å². The molecule has 0 saturated carbocycles. The smallest absolute Gasteiger partial charge is 0.305 e. The number of carboxylic acids is 1. The van der Waals surface area contributed by atoms with Gasteiger partial charge in [-0.2, -0.15) is 5.26 Å². The van der Waals surface area contributed by atoms with Crippen LogP contribution in [0.4, 0.5) is 5.69 Å². The molecular weight excluding hydrogens is 258 g/mol. The molecule has 0 radical (unpaired) electrons. The van der Waals surface area contributed by atoms with Crippen molar-refractivity contribution in [2.24, 2.45) is 0 Å². The van der Waals surface area contributed by atoms with Gasteiger partial charge >= 0.3 is 5.97 Å². The number of anilines is 1. The lowest BCUT2D eigenvalue weighted by Gasteiger charge is -2.33. The first kappa shape index (κ1) is 14.3. The molecule has 0 aliphatic carbocycles. The van der Waals surface area contributed by atoms with Crippen molar-refractivity contribution >= 4 is 11.7 Å². The predicted molar refractivity (Wildman–Crippen MR) is 72.4 cm³/mol. The largest absolute Gasteiger partial charge is 0.481 e. The minimum absolute atomic E-state index is 0.0553. The number of carbonyl (C=O) groups is 1. The zero-order valence-electron chi connectivity index (χ0n) is 11.2. The van der Waals surface area contributed by atoms with Crippen molar-refractivity contribution in [3.05, 3.63) is 24.0 Å². The average molecular weight is 275 g/mol. The normalized spacial score (nSPS) is 15.8. The van der Waals surface area contributed by atoms with Gasteiger partial charge in [0.25, 0.3) is 0 Å². The highest BCUT2D eigenvalue weighted by Gasteiger charge is 2.20. The SMILES string of the molecule is N#Cc1ccc(N2CCC(OCCC(=O)O)CC2)cn1. The number of ether oxygens (including phenoxy) is 1. The molecule has 20 heavy (non-hydrogen) atoms. The number of carboxylic acid groups (broad SMARTS) is 1. The summed E-state index contributed by atoms with van der Waals surface area (Å²) in [4.78, 5) is 16.7. The van der Waals surface area contributed by atoms with E-state index in [1.54, 1.807) is 12.3 Å². The zero-order valence-corrected chi connectivity index (χ0v) is 11.2. The zero-order chi connectivity index (χ0) is 14.4. The summed E-state index contributed by atoms with van der Waals surface area (Å²) in [6, 6.07) is 5.61. The Morgan fingerprint density at radius 1 is 1.50 bits per heavy atom. The van der Waals surface area contributed by atoms with E-state index >= 15 is 0 Å². The van der Waals surface area contributed by atoms with Crippen LogP contribution in [0.15, 0.2) is 18.3 Å². The van der Waals surface area contributed by atoms with Gasteiger partial charge in [-0.05, 0) is 25.0 Å². The number of nitriles is 1.